The third-order valence-corrected chi connectivity index (χ3v) is 6.71. The third-order valence-electron chi connectivity index (χ3n) is 6.71. The van der Waals surface area contributed by atoms with Crippen molar-refractivity contribution < 1.29 is 37.7 Å². The summed E-state index contributed by atoms with van der Waals surface area (Å²) in [6, 6.07) is 13.7. The van der Waals surface area contributed by atoms with Crippen LogP contribution in [0.5, 0.6) is 0 Å². The van der Waals surface area contributed by atoms with Crippen molar-refractivity contribution in [2.45, 2.75) is 36.8 Å². The topological polar surface area (TPSA) is 105 Å². The number of rotatable bonds is 8. The maximum Gasteiger partial charge on any atom is 0.407 e. The highest BCUT2D eigenvalue weighted by Crippen LogP contribution is 2.44. The van der Waals surface area contributed by atoms with Crippen molar-refractivity contribution in [2.24, 2.45) is 0 Å². The van der Waals surface area contributed by atoms with Crippen LogP contribution in [0.3, 0.4) is 0 Å². The molecule has 0 radical (unpaired) electrons. The van der Waals surface area contributed by atoms with Crippen LogP contribution in [0.2, 0.25) is 0 Å². The number of hydrogen-bond acceptors (Lipinski definition) is 5. The van der Waals surface area contributed by atoms with Gasteiger partial charge in [-0.15, -0.1) is 0 Å². The maximum absolute atomic E-state index is 13.6. The van der Waals surface area contributed by atoms with E-state index in [0.717, 1.165) is 27.2 Å². The van der Waals surface area contributed by atoms with Crippen molar-refractivity contribution in [2.75, 3.05) is 26.8 Å². The smallest absolute Gasteiger partial charge is 0.407 e. The number of benzene rings is 2. The number of likely N-dealkylation sites (tertiary alicyclic amines) is 1. The van der Waals surface area contributed by atoms with Gasteiger partial charge in [-0.25, -0.2) is 18.4 Å². The lowest BCUT2D eigenvalue weighted by molar-refractivity contribution is -0.161. The summed E-state index contributed by atoms with van der Waals surface area (Å²) in [5, 5.41) is 11.5. The van der Waals surface area contributed by atoms with E-state index in [1.807, 2.05) is 48.5 Å². The van der Waals surface area contributed by atoms with Crippen LogP contribution in [0, 0.1) is 0 Å². The van der Waals surface area contributed by atoms with Gasteiger partial charge in [0.2, 0.25) is 5.91 Å². The molecule has 1 fully saturated rings. The van der Waals surface area contributed by atoms with Gasteiger partial charge in [0.25, 0.3) is 6.43 Å². The zero-order chi connectivity index (χ0) is 25.2. The molecule has 0 bridgehead atoms. The number of nitrogens with zero attached hydrogens (tertiary/aromatic N) is 1. The normalized spacial score (nSPS) is 19.8. The average Bonchev–Trinajstić information content (AvgIpc) is 3.43. The molecule has 2 aromatic rings. The largest absolute Gasteiger partial charge is 0.479 e. The number of alkyl carbamates (subject to hydrolysis) is 1. The molecular formula is C25H26F2N2O6. The van der Waals surface area contributed by atoms with E-state index in [4.69, 9.17) is 9.47 Å². The molecule has 2 unspecified atom stereocenters. The highest BCUT2D eigenvalue weighted by Gasteiger charge is 2.47. The van der Waals surface area contributed by atoms with E-state index in [1.165, 1.54) is 7.11 Å². The molecule has 10 heteroatoms. The van der Waals surface area contributed by atoms with E-state index in [0.29, 0.717) is 0 Å². The molecule has 0 saturated carbocycles. The molecule has 1 heterocycles. The summed E-state index contributed by atoms with van der Waals surface area (Å²) in [6.45, 7) is -0.247. The minimum atomic E-state index is -3.02. The van der Waals surface area contributed by atoms with Crippen LogP contribution in [-0.4, -0.2) is 72.9 Å². The number of nitrogens with one attached hydrogen (secondary N) is 1. The summed E-state index contributed by atoms with van der Waals surface area (Å²) in [5.74, 6) is -2.16. The molecule has 2 amide bonds. The molecule has 2 aliphatic rings. The number of carbonyl (C=O) groups is 3. The van der Waals surface area contributed by atoms with Gasteiger partial charge in [-0.05, 0) is 22.3 Å². The Hall–Kier alpha value is -3.53. The highest BCUT2D eigenvalue weighted by atomic mass is 19.3. The van der Waals surface area contributed by atoms with Gasteiger partial charge in [0.1, 0.15) is 12.6 Å². The standard InChI is InChI=1S/C25H26F2N2O6/c1-34-25(23(31)32)10-11-29(14-25)21(30)12-20(22(26)27)28-24(33)35-13-19-17-8-4-2-6-15(17)16-7-3-5-9-18(16)19/h2-9,19-20,22H,10-14H2,1H3,(H,28,33)(H,31,32). The van der Waals surface area contributed by atoms with E-state index in [9.17, 15) is 28.3 Å². The molecule has 0 aromatic heterocycles. The zero-order valence-electron chi connectivity index (χ0n) is 19.1. The molecule has 2 aromatic carbocycles. The molecule has 35 heavy (non-hydrogen) atoms. The molecule has 1 saturated heterocycles. The molecule has 1 aliphatic heterocycles. The minimum Gasteiger partial charge on any atom is -0.479 e. The molecule has 8 nitrogen and oxygen atoms in total. The SMILES string of the molecule is COC1(C(=O)O)CCN(C(=O)CC(NC(=O)OCC2c3ccccc3-c3ccccc32)C(F)F)C1. The molecule has 0 spiro atoms. The third kappa shape index (κ3) is 4.84. The van der Waals surface area contributed by atoms with Gasteiger partial charge in [0, 0.05) is 26.0 Å². The van der Waals surface area contributed by atoms with Crippen LogP contribution in [0.1, 0.15) is 29.9 Å². The molecular weight excluding hydrogens is 462 g/mol. The van der Waals surface area contributed by atoms with Gasteiger partial charge in [-0.2, -0.15) is 0 Å². The van der Waals surface area contributed by atoms with E-state index in [2.05, 4.69) is 5.32 Å². The van der Waals surface area contributed by atoms with Crippen molar-refractivity contribution in [1.29, 1.82) is 0 Å². The fraction of sp³-hybridized carbons (Fsp3) is 0.400. The first-order chi connectivity index (χ1) is 16.8. The lowest BCUT2D eigenvalue weighted by Gasteiger charge is -2.24. The fourth-order valence-electron chi connectivity index (χ4n) is 4.74. The Morgan fingerprint density at radius 2 is 1.71 bits per heavy atom. The first-order valence-corrected chi connectivity index (χ1v) is 11.2. The lowest BCUT2D eigenvalue weighted by atomic mass is 9.98. The van der Waals surface area contributed by atoms with Crippen molar-refractivity contribution in [3.05, 3.63) is 59.7 Å². The Kier molecular flexibility index (Phi) is 7.02. The monoisotopic (exact) mass is 488 g/mol. The summed E-state index contributed by atoms with van der Waals surface area (Å²) in [7, 11) is 1.22. The predicted octanol–water partition coefficient (Wildman–Crippen LogP) is 3.25. The van der Waals surface area contributed by atoms with Crippen molar-refractivity contribution in [3.63, 3.8) is 0 Å². The van der Waals surface area contributed by atoms with Crippen molar-refractivity contribution in [1.82, 2.24) is 10.2 Å². The van der Waals surface area contributed by atoms with Crippen LogP contribution in [0.25, 0.3) is 11.1 Å². The van der Waals surface area contributed by atoms with E-state index >= 15 is 0 Å². The Morgan fingerprint density at radius 3 is 2.23 bits per heavy atom. The second kappa shape index (κ2) is 9.99. The molecule has 186 valence electrons. The van der Waals surface area contributed by atoms with E-state index < -0.39 is 42.5 Å². The Bertz CT molecular complexity index is 1080. The van der Waals surface area contributed by atoms with Crippen LogP contribution in [-0.2, 0) is 19.1 Å². The minimum absolute atomic E-state index is 0.0454. The predicted molar refractivity (Wildman–Crippen MR) is 121 cm³/mol. The average molecular weight is 488 g/mol. The van der Waals surface area contributed by atoms with E-state index in [-0.39, 0.29) is 32.0 Å². The van der Waals surface area contributed by atoms with Crippen LogP contribution >= 0.6 is 0 Å². The Morgan fingerprint density at radius 1 is 1.11 bits per heavy atom. The van der Waals surface area contributed by atoms with Gasteiger partial charge in [0.15, 0.2) is 5.60 Å². The number of hydrogen-bond donors (Lipinski definition) is 2. The van der Waals surface area contributed by atoms with Gasteiger partial charge in [-0.3, -0.25) is 4.79 Å². The Labute approximate surface area is 200 Å². The molecule has 2 atom stereocenters. The number of fused-ring (bicyclic) bond motifs is 3. The first kappa shape index (κ1) is 24.6. The fourth-order valence-corrected chi connectivity index (χ4v) is 4.74. The molecule has 4 rings (SSSR count). The molecule has 1 aliphatic carbocycles. The number of amides is 2. The number of methoxy groups -OCH3 is 1. The van der Waals surface area contributed by atoms with Crippen LogP contribution in [0.15, 0.2) is 48.5 Å². The number of ether oxygens (including phenoxy) is 2. The summed E-state index contributed by atoms with van der Waals surface area (Å²) in [5.41, 5.74) is 2.47. The second-order valence-electron chi connectivity index (χ2n) is 8.68. The summed E-state index contributed by atoms with van der Waals surface area (Å²) >= 11 is 0. The Balaban J connectivity index is 1.36. The van der Waals surface area contributed by atoms with Crippen molar-refractivity contribution >= 4 is 18.0 Å². The van der Waals surface area contributed by atoms with Gasteiger partial charge in [-0.1, -0.05) is 48.5 Å². The summed E-state index contributed by atoms with van der Waals surface area (Å²) < 4.78 is 37.6. The quantitative estimate of drug-likeness (QED) is 0.591. The second-order valence-corrected chi connectivity index (χ2v) is 8.68. The maximum atomic E-state index is 13.6. The number of aliphatic carboxylic acids is 1. The van der Waals surface area contributed by atoms with E-state index in [1.54, 1.807) is 0 Å². The molecule has 2 N–H and O–H groups in total. The zero-order valence-corrected chi connectivity index (χ0v) is 19.1. The summed E-state index contributed by atoms with van der Waals surface area (Å²) in [6.07, 6.45) is -4.72. The van der Waals surface area contributed by atoms with Crippen LogP contribution < -0.4 is 5.32 Å². The number of halogens is 2. The van der Waals surface area contributed by atoms with Gasteiger partial charge >= 0.3 is 12.1 Å². The lowest BCUT2D eigenvalue weighted by Crippen LogP contribution is -2.47. The van der Waals surface area contributed by atoms with Crippen LogP contribution in [0.4, 0.5) is 13.6 Å². The number of carboxylic acid groups (broad SMARTS) is 1. The number of alkyl halides is 2. The van der Waals surface area contributed by atoms with Gasteiger partial charge in [0.05, 0.1) is 13.0 Å². The summed E-state index contributed by atoms with van der Waals surface area (Å²) in [4.78, 5) is 37.6. The van der Waals surface area contributed by atoms with Crippen molar-refractivity contribution in [3.8, 4) is 11.1 Å². The number of carboxylic acids is 1. The van der Waals surface area contributed by atoms with Gasteiger partial charge < -0.3 is 24.8 Å². The number of carbonyl (C=O) groups excluding carboxylic acids is 2. The highest BCUT2D eigenvalue weighted by molar-refractivity contribution is 5.83. The first-order valence-electron chi connectivity index (χ1n) is 11.2.